The Labute approximate surface area is 133 Å². The normalized spacial score (nSPS) is 17.1. The van der Waals surface area contributed by atoms with Gasteiger partial charge in [-0.05, 0) is 22.6 Å². The van der Waals surface area contributed by atoms with Crippen LogP contribution in [-0.2, 0) is 11.2 Å². The van der Waals surface area contributed by atoms with Crippen LogP contribution in [0.4, 0.5) is 13.2 Å². The third-order valence-corrected chi connectivity index (χ3v) is 4.78. The van der Waals surface area contributed by atoms with E-state index in [2.05, 4.69) is 0 Å². The second-order valence-electron chi connectivity index (χ2n) is 3.88. The first-order valence-electron chi connectivity index (χ1n) is 5.27. The first-order chi connectivity index (χ1) is 9.54. The number of carbonyl (C=O) groups is 2. The molecule has 2 rings (SSSR count). The molecule has 21 heavy (non-hydrogen) atoms. The molecule has 0 aliphatic carbocycles. The zero-order valence-electron chi connectivity index (χ0n) is 10.1. The molecular weight excluding hydrogens is 430 g/mol. The number of hydrogen-bond donors (Lipinski definition) is 3. The highest BCUT2D eigenvalue weighted by Crippen LogP contribution is 2.39. The van der Waals surface area contributed by atoms with Crippen LogP contribution < -0.4 is 10.5 Å². The number of thiophene rings is 1. The van der Waals surface area contributed by atoms with Gasteiger partial charge >= 0.3 is 18.1 Å². The lowest BCUT2D eigenvalue weighted by Crippen LogP contribution is -2.33. The minimum Gasteiger partial charge on any atom is -0.490 e. The summed E-state index contributed by atoms with van der Waals surface area (Å²) in [5, 5.41) is 16.0. The van der Waals surface area contributed by atoms with Crippen molar-refractivity contribution in [3.8, 4) is 5.75 Å². The first-order valence-corrected chi connectivity index (χ1v) is 7.16. The van der Waals surface area contributed by atoms with Crippen molar-refractivity contribution in [2.45, 2.75) is 18.6 Å². The number of aromatic carboxylic acids is 1. The molecule has 1 aliphatic heterocycles. The predicted octanol–water partition coefficient (Wildman–Crippen LogP) is 1.95. The second kappa shape index (κ2) is 6.79. The Bertz CT molecular complexity index is 560. The van der Waals surface area contributed by atoms with Crippen molar-refractivity contribution in [3.05, 3.63) is 13.3 Å². The van der Waals surface area contributed by atoms with Crippen molar-refractivity contribution in [3.63, 3.8) is 0 Å². The number of carboxylic acids is 2. The average molecular weight is 439 g/mol. The van der Waals surface area contributed by atoms with Crippen LogP contribution in [0.1, 0.15) is 14.5 Å². The van der Waals surface area contributed by atoms with Crippen LogP contribution >= 0.6 is 33.9 Å². The van der Waals surface area contributed by atoms with Crippen molar-refractivity contribution in [1.82, 2.24) is 0 Å². The van der Waals surface area contributed by atoms with Gasteiger partial charge in [-0.25, -0.2) is 9.59 Å². The Kier molecular flexibility index (Phi) is 5.81. The number of fused-ring (bicyclic) bond motifs is 1. The molecule has 2 heterocycles. The number of aliphatic carboxylic acids is 1. The van der Waals surface area contributed by atoms with Crippen molar-refractivity contribution in [2.75, 3.05) is 6.61 Å². The van der Waals surface area contributed by atoms with Crippen LogP contribution in [0.2, 0.25) is 0 Å². The summed E-state index contributed by atoms with van der Waals surface area (Å²) in [7, 11) is 0. The fraction of sp³-hybridized carbons (Fsp3) is 0.400. The van der Waals surface area contributed by atoms with Gasteiger partial charge in [0.2, 0.25) is 0 Å². The van der Waals surface area contributed by atoms with Crippen LogP contribution in [-0.4, -0.2) is 41.0 Å². The Morgan fingerprint density at radius 1 is 1.38 bits per heavy atom. The molecule has 1 unspecified atom stereocenters. The quantitative estimate of drug-likeness (QED) is 0.578. The number of ether oxygens (including phenoxy) is 1. The molecule has 0 bridgehead atoms. The fourth-order valence-electron chi connectivity index (χ4n) is 1.34. The Balaban J connectivity index is 0.000000270. The van der Waals surface area contributed by atoms with Crippen molar-refractivity contribution in [1.29, 1.82) is 0 Å². The third-order valence-electron chi connectivity index (χ3n) is 2.20. The van der Waals surface area contributed by atoms with Gasteiger partial charge in [0.25, 0.3) is 0 Å². The van der Waals surface area contributed by atoms with Crippen LogP contribution in [0.25, 0.3) is 0 Å². The zero-order chi connectivity index (χ0) is 16.4. The standard InChI is InChI=1S/C8H8INO3S.C2HF3O2/c9-5-6-4(1-3(10)2-13-6)14-7(5)8(11)12;3-2(4,5)1(6)7/h3H,1-2,10H2,(H,11,12);(H,6,7). The minimum atomic E-state index is -5.08. The molecule has 1 aromatic rings. The summed E-state index contributed by atoms with van der Waals surface area (Å²) >= 11 is 3.27. The lowest BCUT2D eigenvalue weighted by atomic mass is 10.1. The summed E-state index contributed by atoms with van der Waals surface area (Å²) in [5.74, 6) is -2.94. The highest BCUT2D eigenvalue weighted by atomic mass is 127. The van der Waals surface area contributed by atoms with Crippen LogP contribution in [0.15, 0.2) is 0 Å². The number of rotatable bonds is 1. The summed E-state index contributed by atoms with van der Waals surface area (Å²) < 4.78 is 37.8. The number of alkyl halides is 3. The Hall–Kier alpha value is -1.08. The lowest BCUT2D eigenvalue weighted by molar-refractivity contribution is -0.192. The monoisotopic (exact) mass is 439 g/mol. The lowest BCUT2D eigenvalue weighted by Gasteiger charge is -2.19. The van der Waals surface area contributed by atoms with Crippen LogP contribution in [0.3, 0.4) is 0 Å². The maximum atomic E-state index is 10.8. The summed E-state index contributed by atoms with van der Waals surface area (Å²) in [6, 6.07) is -0.0152. The smallest absolute Gasteiger partial charge is 0.490 e. The van der Waals surface area contributed by atoms with E-state index in [4.69, 9.17) is 25.5 Å². The van der Waals surface area contributed by atoms with E-state index in [1.807, 2.05) is 22.6 Å². The largest absolute Gasteiger partial charge is 0.490 e. The highest BCUT2D eigenvalue weighted by molar-refractivity contribution is 14.1. The molecule has 1 atom stereocenters. The van der Waals surface area contributed by atoms with E-state index in [-0.39, 0.29) is 6.04 Å². The van der Waals surface area contributed by atoms with Gasteiger partial charge in [-0.3, -0.25) is 0 Å². The highest BCUT2D eigenvalue weighted by Gasteiger charge is 2.38. The number of halogens is 4. The van der Waals surface area contributed by atoms with Gasteiger partial charge in [0.1, 0.15) is 17.2 Å². The first kappa shape index (κ1) is 18.0. The summed E-state index contributed by atoms with van der Waals surface area (Å²) in [6.45, 7) is 0.471. The minimum absolute atomic E-state index is 0.0152. The molecule has 4 N–H and O–H groups in total. The molecule has 0 amide bonds. The maximum absolute atomic E-state index is 10.8. The molecule has 0 fully saturated rings. The topological polar surface area (TPSA) is 110 Å². The number of hydrogen-bond acceptors (Lipinski definition) is 5. The summed E-state index contributed by atoms with van der Waals surface area (Å²) in [5.41, 5.74) is 5.72. The molecule has 1 aromatic heterocycles. The molecule has 11 heteroatoms. The summed E-state index contributed by atoms with van der Waals surface area (Å²) in [6.07, 6.45) is -4.37. The molecule has 0 saturated heterocycles. The van der Waals surface area contributed by atoms with Crippen LogP contribution in [0, 0.1) is 3.57 Å². The summed E-state index contributed by atoms with van der Waals surface area (Å²) in [4.78, 5) is 21.0. The van der Waals surface area contributed by atoms with Gasteiger partial charge in [-0.15, -0.1) is 11.3 Å². The van der Waals surface area contributed by atoms with Gasteiger partial charge in [0.05, 0.1) is 8.45 Å². The van der Waals surface area contributed by atoms with E-state index in [1.165, 1.54) is 11.3 Å². The Morgan fingerprint density at radius 2 is 1.90 bits per heavy atom. The van der Waals surface area contributed by atoms with Gasteiger partial charge in [-0.2, -0.15) is 13.2 Å². The Morgan fingerprint density at radius 3 is 2.33 bits per heavy atom. The molecule has 0 radical (unpaired) electrons. The molecule has 118 valence electrons. The molecule has 0 spiro atoms. The SMILES string of the molecule is NC1COc2c(sc(C(=O)O)c2I)C1.O=C(O)C(F)(F)F. The molecule has 1 aliphatic rings. The van der Waals surface area contributed by atoms with E-state index in [0.717, 1.165) is 10.6 Å². The average Bonchev–Trinajstić information content (AvgIpc) is 2.66. The van der Waals surface area contributed by atoms with Gasteiger partial charge < -0.3 is 20.7 Å². The molecule has 6 nitrogen and oxygen atoms in total. The van der Waals surface area contributed by atoms with Gasteiger partial charge in [0, 0.05) is 12.5 Å². The van der Waals surface area contributed by atoms with E-state index in [1.54, 1.807) is 0 Å². The van der Waals surface area contributed by atoms with Gasteiger partial charge in [-0.1, -0.05) is 0 Å². The number of nitrogens with two attached hydrogens (primary N) is 1. The van der Waals surface area contributed by atoms with E-state index >= 15 is 0 Å². The van der Waals surface area contributed by atoms with Crippen molar-refractivity contribution in [2.24, 2.45) is 5.73 Å². The number of carboxylic acid groups (broad SMARTS) is 2. The molecular formula is C10H9F3INO5S. The zero-order valence-corrected chi connectivity index (χ0v) is 13.1. The maximum Gasteiger partial charge on any atom is 0.490 e. The van der Waals surface area contributed by atoms with E-state index in [9.17, 15) is 18.0 Å². The van der Waals surface area contributed by atoms with Crippen LogP contribution in [0.5, 0.6) is 5.75 Å². The van der Waals surface area contributed by atoms with E-state index < -0.39 is 18.1 Å². The molecule has 0 saturated carbocycles. The predicted molar refractivity (Wildman–Crippen MR) is 74.9 cm³/mol. The molecule has 0 aromatic carbocycles. The van der Waals surface area contributed by atoms with Crippen molar-refractivity contribution >= 4 is 45.9 Å². The van der Waals surface area contributed by atoms with E-state index in [0.29, 0.717) is 21.5 Å². The fourth-order valence-corrected chi connectivity index (χ4v) is 3.64. The second-order valence-corrected chi connectivity index (χ2v) is 6.06. The third kappa shape index (κ3) is 4.71. The van der Waals surface area contributed by atoms with Gasteiger partial charge in [0.15, 0.2) is 0 Å². The van der Waals surface area contributed by atoms with Crippen molar-refractivity contribution < 1.29 is 37.7 Å².